The van der Waals surface area contributed by atoms with Gasteiger partial charge in [-0.15, -0.1) is 0 Å². The molecule has 2 aliphatic rings. The maximum atomic E-state index is 2.49. The van der Waals surface area contributed by atoms with Crippen molar-refractivity contribution >= 4 is 5.92 Å². The van der Waals surface area contributed by atoms with Crippen LogP contribution in [0.3, 0.4) is 0 Å². The van der Waals surface area contributed by atoms with E-state index in [-0.39, 0.29) is 9.41 Å². The van der Waals surface area contributed by atoms with Gasteiger partial charge in [-0.05, 0) is 0 Å². The third-order valence-corrected chi connectivity index (χ3v) is 29.8. The van der Waals surface area contributed by atoms with E-state index in [1.165, 1.54) is 12.1 Å². The largest absolute Gasteiger partial charge is 1.00 e. The summed E-state index contributed by atoms with van der Waals surface area (Å²) in [4.78, 5) is 0. The molecule has 2 rings (SSSR count). The predicted octanol–water partition coefficient (Wildman–Crippen LogP) is -1.79. The van der Waals surface area contributed by atoms with Gasteiger partial charge in [-0.2, -0.15) is 0 Å². The van der Waals surface area contributed by atoms with Crippen LogP contribution >= 0.6 is 0 Å². The summed E-state index contributed by atoms with van der Waals surface area (Å²) in [6.07, 6.45) is 19.0. The van der Waals surface area contributed by atoms with Crippen LogP contribution in [0.25, 0.3) is 0 Å². The van der Waals surface area contributed by atoms with E-state index in [2.05, 4.69) is 62.5 Å². The van der Waals surface area contributed by atoms with Crippen molar-refractivity contribution in [3.05, 3.63) is 48.6 Å². The van der Waals surface area contributed by atoms with Crippen LogP contribution in [0.5, 0.6) is 0 Å². The van der Waals surface area contributed by atoms with Gasteiger partial charge >= 0.3 is 109 Å². The van der Waals surface area contributed by atoms with E-state index < -0.39 is 26.8 Å². The van der Waals surface area contributed by atoms with Gasteiger partial charge in [0.05, 0.1) is 0 Å². The summed E-state index contributed by atoms with van der Waals surface area (Å²) in [7, 11) is 0. The van der Waals surface area contributed by atoms with Gasteiger partial charge in [-0.25, -0.2) is 0 Å². The molecular weight excluding hydrogens is 325 g/mol. The van der Waals surface area contributed by atoms with Crippen molar-refractivity contribution in [2.45, 2.75) is 33.2 Å². The van der Waals surface area contributed by atoms with Gasteiger partial charge in [0.2, 0.25) is 0 Å². The molecule has 99 valence electrons. The Bertz CT molecular complexity index is 294. The molecule has 0 radical (unpaired) electrons. The van der Waals surface area contributed by atoms with E-state index in [1.807, 2.05) is 0 Å². The Hall–Kier alpha value is -0.0800. The summed E-state index contributed by atoms with van der Waals surface area (Å²) >= 11 is -1.31. The van der Waals surface area contributed by atoms with Crippen molar-refractivity contribution in [1.29, 1.82) is 0 Å². The molecule has 0 unspecified atom stereocenters. The van der Waals surface area contributed by atoms with E-state index >= 15 is 0 Å². The molecule has 0 saturated carbocycles. The molecule has 0 bridgehead atoms. The van der Waals surface area contributed by atoms with Gasteiger partial charge in [-0.3, -0.25) is 0 Å². The first-order valence-corrected chi connectivity index (χ1v) is 15.7. The van der Waals surface area contributed by atoms with Crippen LogP contribution in [-0.4, -0.2) is 5.92 Å². The second kappa shape index (κ2) is 8.92. The summed E-state index contributed by atoms with van der Waals surface area (Å²) in [6.45, 7) is 4.87. The topological polar surface area (TPSA) is 0 Å². The van der Waals surface area contributed by atoms with E-state index in [4.69, 9.17) is 0 Å². The normalized spacial score (nSPS) is 17.3. The average molecular weight is 347 g/mol. The minimum Gasteiger partial charge on any atom is -1.00 e. The van der Waals surface area contributed by atoms with Crippen LogP contribution in [0.15, 0.2) is 48.6 Å². The Morgan fingerprint density at radius 3 is 1.39 bits per heavy atom. The van der Waals surface area contributed by atoms with Crippen molar-refractivity contribution in [1.82, 2.24) is 0 Å². The molecule has 18 heavy (non-hydrogen) atoms. The van der Waals surface area contributed by atoms with Gasteiger partial charge in [0, 0.05) is 0 Å². The first-order valence-electron chi connectivity index (χ1n) is 6.43. The molecule has 0 aliphatic heterocycles. The fourth-order valence-electron chi connectivity index (χ4n) is 2.83. The van der Waals surface area contributed by atoms with Crippen LogP contribution in [-0.2, 0) is 20.9 Å². The standard InChI is InChI=1S/2C5H5.C4H11Si.2FH.Zr/c2*1-2-4-5-3-1;1-3-5-4-2;;;/h2*1-5H;5H,3-4H2,1-2H3;2*1H;/q;;;;;+2/p-2. The third-order valence-electron chi connectivity index (χ3n) is 3.72. The van der Waals surface area contributed by atoms with Crippen molar-refractivity contribution in [3.63, 3.8) is 0 Å². The Labute approximate surface area is 118 Å². The van der Waals surface area contributed by atoms with Crippen molar-refractivity contribution in [3.8, 4) is 0 Å². The fraction of sp³-hybridized carbons (Fsp3) is 0.429. The number of allylic oxidation sites excluding steroid dienone is 8. The summed E-state index contributed by atoms with van der Waals surface area (Å²) in [5.74, 6) is -0.422. The van der Waals surface area contributed by atoms with Crippen molar-refractivity contribution in [2.24, 2.45) is 0 Å². The molecule has 4 heteroatoms. The Morgan fingerprint density at radius 1 is 0.778 bits per heavy atom. The van der Waals surface area contributed by atoms with Crippen molar-refractivity contribution < 1.29 is 30.3 Å². The first-order chi connectivity index (χ1) is 7.86. The number of halogens is 2. The predicted molar refractivity (Wildman–Crippen MR) is 72.2 cm³/mol. The van der Waals surface area contributed by atoms with Crippen LogP contribution in [0.1, 0.15) is 13.8 Å². The molecule has 0 saturated heterocycles. The molecule has 0 atom stereocenters. The Morgan fingerprint density at radius 2 is 1.11 bits per heavy atom. The smallest absolute Gasteiger partial charge is 1.00 e. The molecule has 0 spiro atoms. The first kappa shape index (κ1) is 17.9. The van der Waals surface area contributed by atoms with E-state index in [0.717, 1.165) is 7.25 Å². The molecule has 0 N–H and O–H groups in total. The molecule has 0 aromatic carbocycles. The Balaban J connectivity index is 0.00000144. The van der Waals surface area contributed by atoms with Crippen LogP contribution in [0.2, 0.25) is 19.3 Å². The zero-order chi connectivity index (χ0) is 11.4. The average Bonchev–Trinajstić information content (AvgIpc) is 2.98. The molecule has 0 fully saturated rings. The van der Waals surface area contributed by atoms with Gasteiger partial charge in [0.25, 0.3) is 0 Å². The van der Waals surface area contributed by atoms with Gasteiger partial charge in [-0.1, -0.05) is 0 Å². The second-order valence-corrected chi connectivity index (χ2v) is 23.3. The summed E-state index contributed by atoms with van der Waals surface area (Å²) in [5.41, 5.74) is 0. The van der Waals surface area contributed by atoms with Gasteiger partial charge in [0.1, 0.15) is 0 Å². The maximum Gasteiger partial charge on any atom is -1.00 e. The zero-order valence-electron chi connectivity index (χ0n) is 11.0. The quantitative estimate of drug-likeness (QED) is 0.516. The van der Waals surface area contributed by atoms with Crippen LogP contribution in [0.4, 0.5) is 0 Å². The van der Waals surface area contributed by atoms with E-state index in [1.54, 1.807) is 0 Å². The fourth-order valence-corrected chi connectivity index (χ4v) is 27.4. The molecule has 0 heterocycles. The zero-order valence-corrected chi connectivity index (χ0v) is 14.6. The maximum absolute atomic E-state index is 2.49. The van der Waals surface area contributed by atoms with Crippen LogP contribution < -0.4 is 9.41 Å². The van der Waals surface area contributed by atoms with E-state index in [9.17, 15) is 0 Å². The van der Waals surface area contributed by atoms with E-state index in [0.29, 0.717) is 0 Å². The molecule has 0 aromatic rings. The molecular formula is C14H21F2SiZr. The molecule has 2 aliphatic carbocycles. The summed E-state index contributed by atoms with van der Waals surface area (Å²) in [6, 6.07) is 3.03. The minimum atomic E-state index is -1.31. The number of rotatable bonds is 5. The van der Waals surface area contributed by atoms with Crippen molar-refractivity contribution in [2.75, 3.05) is 0 Å². The third kappa shape index (κ3) is 3.96. The molecule has 0 nitrogen and oxygen atoms in total. The summed E-state index contributed by atoms with van der Waals surface area (Å²) < 4.78 is 1.80. The number of hydrogen-bond acceptors (Lipinski definition) is 0. The Kier molecular flexibility index (Phi) is 8.89. The summed E-state index contributed by atoms with van der Waals surface area (Å²) in [5, 5.41) is 0. The van der Waals surface area contributed by atoms with Gasteiger partial charge < -0.3 is 9.41 Å². The SMILES string of the molecule is CC[SiH](CC)[Zr+2]([CH]1C=CC=C1)[CH]1C=CC=C1.[F-].[F-]. The molecule has 0 aromatic heterocycles. The molecule has 0 amide bonds. The van der Waals surface area contributed by atoms with Crippen LogP contribution in [0, 0.1) is 0 Å². The monoisotopic (exact) mass is 345 g/mol. The minimum absolute atomic E-state index is 0. The second-order valence-electron chi connectivity index (χ2n) is 4.60. The number of hydrogen-bond donors (Lipinski definition) is 0. The van der Waals surface area contributed by atoms with Gasteiger partial charge in [0.15, 0.2) is 0 Å².